The first-order valence-electron chi connectivity index (χ1n) is 19.6. The number of hydrogen-bond acceptors (Lipinski definition) is 14. The van der Waals surface area contributed by atoms with E-state index in [0.717, 1.165) is 0 Å². The predicted molar refractivity (Wildman–Crippen MR) is 231 cm³/mol. The van der Waals surface area contributed by atoms with Crippen molar-refractivity contribution in [3.05, 3.63) is 12.7 Å². The monoisotopic (exact) mass is 918 g/mol. The molecule has 19 heteroatoms. The first-order valence-corrected chi connectivity index (χ1v) is 20.8. The number of allylic oxidation sites excluding steroid dienone is 1. The fraction of sp³-hybridized carbons (Fsp3) is 0.800. The molecule has 0 radical (unpaired) electrons. The summed E-state index contributed by atoms with van der Waals surface area (Å²) >= 11 is 2.94. The number of aliphatic hydroxyl groups is 1. The number of alkyl carbamates (subject to hydrolysis) is 2. The van der Waals surface area contributed by atoms with Crippen LogP contribution < -0.4 is 16.0 Å². The van der Waals surface area contributed by atoms with Crippen molar-refractivity contribution in [2.45, 2.75) is 139 Å². The quantitative estimate of drug-likeness (QED) is 0.0988. The molecule has 0 bridgehead atoms. The van der Waals surface area contributed by atoms with Crippen molar-refractivity contribution in [3.63, 3.8) is 0 Å². The van der Waals surface area contributed by atoms with Crippen LogP contribution >= 0.6 is 15.9 Å². The zero-order valence-electron chi connectivity index (χ0n) is 38.7. The number of alkyl halides is 1. The van der Waals surface area contributed by atoms with Gasteiger partial charge in [-0.1, -0.05) is 35.9 Å². The van der Waals surface area contributed by atoms with Crippen LogP contribution in [0.5, 0.6) is 0 Å². The number of aliphatic hydroxyl groups excluding tert-OH is 1. The molecule has 0 spiro atoms. The van der Waals surface area contributed by atoms with E-state index in [2.05, 4.69) is 43.2 Å². The van der Waals surface area contributed by atoms with Crippen molar-refractivity contribution in [2.24, 2.45) is 0 Å². The van der Waals surface area contributed by atoms with E-state index in [0.29, 0.717) is 31.8 Å². The largest absolute Gasteiger partial charge is 0.465 e. The van der Waals surface area contributed by atoms with Crippen LogP contribution in [0.25, 0.3) is 0 Å². The van der Waals surface area contributed by atoms with Gasteiger partial charge >= 0.3 is 24.1 Å². The van der Waals surface area contributed by atoms with Gasteiger partial charge in [0.05, 0.1) is 57.8 Å². The molecule has 0 unspecified atom stereocenters. The summed E-state index contributed by atoms with van der Waals surface area (Å²) < 4.78 is 34.2. The van der Waals surface area contributed by atoms with Gasteiger partial charge in [-0.3, -0.25) is 14.4 Å². The highest BCUT2D eigenvalue weighted by atomic mass is 79.9. The number of hydrogen-bond donors (Lipinski definition) is 4. The standard InChI is InChI=1S/C12H23NO5.C8H17NO3.C6H11NO2.C5H9NO2.C4H7BrO2.C3H6.C2H6/c1-6-17-10(14)8-16-7-9(2)13-11(15)18-12(3,4)5;1-6(5-10)9-7(11)12-8(2,3)4;1-5-3-9-4-6(8)7(5)2;1-4-2-8-3-5(7)6-4;1-2-7-4(6)3-5;1-3-2;1-2/h9H,6-8H2,1-5H3,(H,13,15);6,10H,5H2,1-4H3,(H,9,11);5H,3-4H2,1-2H3;4H,2-3H2,1H3,(H,6,7);2-3H2,1H3;3H,1H2,2H3;1-2H3/t9-;6-;5-;4-;;;/m0000.../s1. The SMILES string of the molecule is C=CC.CC.CCOC(=O)CBr.CCOC(=O)COC[C@H](C)NC(=O)OC(C)(C)C.C[C@@H](CO)NC(=O)OC(C)(C)C.C[C@H]1COCC(=O)N1.C[C@H]1COCC(=O)N1C. The van der Waals surface area contributed by atoms with Gasteiger partial charge in [0.2, 0.25) is 11.8 Å². The predicted octanol–water partition coefficient (Wildman–Crippen LogP) is 4.92. The summed E-state index contributed by atoms with van der Waals surface area (Å²) in [7, 11) is 1.80. The van der Waals surface area contributed by atoms with Crippen molar-refractivity contribution in [2.75, 3.05) is 71.8 Å². The van der Waals surface area contributed by atoms with Crippen LogP contribution in [0.3, 0.4) is 0 Å². The van der Waals surface area contributed by atoms with Crippen LogP contribution in [0.2, 0.25) is 0 Å². The number of carbonyl (C=O) groups excluding carboxylic acids is 6. The van der Waals surface area contributed by atoms with Crippen LogP contribution in [0.15, 0.2) is 12.7 Å². The average Bonchev–Trinajstić information content (AvgIpc) is 3.11. The number of amides is 4. The molecule has 4 N–H and O–H groups in total. The number of morpholine rings is 2. The molecule has 2 saturated heterocycles. The van der Waals surface area contributed by atoms with Gasteiger partial charge < -0.3 is 59.1 Å². The van der Waals surface area contributed by atoms with Crippen LogP contribution in [-0.2, 0) is 52.3 Å². The number of likely N-dealkylation sites (N-methyl/N-ethyl adjacent to an activating group) is 1. The summed E-state index contributed by atoms with van der Waals surface area (Å²) in [6.45, 7) is 33.4. The van der Waals surface area contributed by atoms with Crippen molar-refractivity contribution in [3.8, 4) is 0 Å². The maximum Gasteiger partial charge on any atom is 0.407 e. The Morgan fingerprint density at radius 2 is 1.34 bits per heavy atom. The van der Waals surface area contributed by atoms with Gasteiger partial charge in [0.15, 0.2) is 0 Å². The molecule has 4 atom stereocenters. The molecule has 2 aliphatic heterocycles. The first kappa shape index (κ1) is 64.6. The molecule has 2 rings (SSSR count). The van der Waals surface area contributed by atoms with Gasteiger partial charge in [0, 0.05) is 13.1 Å². The first-order chi connectivity index (χ1) is 27.3. The van der Waals surface area contributed by atoms with E-state index >= 15 is 0 Å². The van der Waals surface area contributed by atoms with E-state index in [1.54, 1.807) is 87.3 Å². The minimum atomic E-state index is -0.532. The summed E-state index contributed by atoms with van der Waals surface area (Å²) in [6, 6.07) is -0.0726. The molecular weight excluding hydrogens is 840 g/mol. The molecule has 350 valence electrons. The number of rotatable bonds is 10. The number of nitrogens with zero attached hydrogens (tertiary/aromatic N) is 1. The van der Waals surface area contributed by atoms with Gasteiger partial charge in [-0.05, 0) is 90.0 Å². The van der Waals surface area contributed by atoms with E-state index in [9.17, 15) is 28.8 Å². The Kier molecular flexibility index (Phi) is 43.7. The normalized spacial score (nSPS) is 16.4. The lowest BCUT2D eigenvalue weighted by atomic mass is 10.2. The number of carbonyl (C=O) groups is 6. The molecular formula is C40H79BrN4O14. The van der Waals surface area contributed by atoms with Crippen LogP contribution in [0.1, 0.15) is 104 Å². The van der Waals surface area contributed by atoms with Crippen LogP contribution in [0, 0.1) is 0 Å². The van der Waals surface area contributed by atoms with Gasteiger partial charge in [0.1, 0.15) is 36.4 Å². The topological polar surface area (TPSA) is 227 Å². The zero-order chi connectivity index (χ0) is 47.2. The van der Waals surface area contributed by atoms with Crippen molar-refractivity contribution >= 4 is 51.9 Å². The Labute approximate surface area is 362 Å². The Morgan fingerprint density at radius 1 is 0.898 bits per heavy atom. The third kappa shape index (κ3) is 50.6. The summed E-state index contributed by atoms with van der Waals surface area (Å²) in [5, 5.41) is 16.7. The number of nitrogens with one attached hydrogen (secondary N) is 3. The minimum Gasteiger partial charge on any atom is -0.465 e. The lowest BCUT2D eigenvalue weighted by Gasteiger charge is -2.29. The summed E-state index contributed by atoms with van der Waals surface area (Å²) in [5.41, 5.74) is -1.02. The molecule has 59 heavy (non-hydrogen) atoms. The lowest BCUT2D eigenvalue weighted by Crippen LogP contribution is -2.45. The smallest absolute Gasteiger partial charge is 0.407 e. The molecule has 2 aliphatic rings. The van der Waals surface area contributed by atoms with E-state index in [1.807, 2.05) is 34.6 Å². The molecule has 4 amide bonds. The number of ether oxygens (including phenoxy) is 7. The minimum absolute atomic E-state index is 0.0104. The summed E-state index contributed by atoms with van der Waals surface area (Å²) in [4.78, 5) is 66.4. The van der Waals surface area contributed by atoms with Crippen LogP contribution in [0.4, 0.5) is 9.59 Å². The Morgan fingerprint density at radius 3 is 1.66 bits per heavy atom. The third-order valence-electron chi connectivity index (χ3n) is 5.76. The van der Waals surface area contributed by atoms with Crippen molar-refractivity contribution < 1.29 is 67.0 Å². The summed E-state index contributed by atoms with van der Waals surface area (Å²) in [6.07, 6.45) is 0.749. The summed E-state index contributed by atoms with van der Waals surface area (Å²) in [5.74, 6) is -0.554. The van der Waals surface area contributed by atoms with E-state index in [4.69, 9.17) is 33.5 Å². The second-order valence-electron chi connectivity index (χ2n) is 14.3. The maximum atomic E-state index is 11.4. The van der Waals surface area contributed by atoms with Gasteiger partial charge in [-0.2, -0.15) is 0 Å². The Balaban J connectivity index is -0.000000208. The molecule has 2 fully saturated rings. The van der Waals surface area contributed by atoms with Crippen LogP contribution in [-0.4, -0.2) is 153 Å². The van der Waals surface area contributed by atoms with Gasteiger partial charge in [0.25, 0.3) is 0 Å². The van der Waals surface area contributed by atoms with E-state index in [1.165, 1.54) is 0 Å². The van der Waals surface area contributed by atoms with Crippen molar-refractivity contribution in [1.82, 2.24) is 20.9 Å². The molecule has 2 heterocycles. The van der Waals surface area contributed by atoms with E-state index < -0.39 is 29.4 Å². The average molecular weight is 920 g/mol. The lowest BCUT2D eigenvalue weighted by molar-refractivity contribution is -0.148. The highest BCUT2D eigenvalue weighted by Crippen LogP contribution is 2.07. The molecule has 0 aromatic heterocycles. The molecule has 0 aliphatic carbocycles. The fourth-order valence-electron chi connectivity index (χ4n) is 3.29. The molecule has 18 nitrogen and oxygen atoms in total. The van der Waals surface area contributed by atoms with E-state index in [-0.39, 0.29) is 75.0 Å². The second-order valence-corrected chi connectivity index (χ2v) is 14.9. The maximum absolute atomic E-state index is 11.4. The number of halogens is 1. The molecule has 0 saturated carbocycles. The molecule has 0 aromatic carbocycles. The van der Waals surface area contributed by atoms with Gasteiger partial charge in [-0.15, -0.1) is 6.58 Å². The zero-order valence-corrected chi connectivity index (χ0v) is 40.3. The highest BCUT2D eigenvalue weighted by molar-refractivity contribution is 9.09. The Hall–Kier alpha value is -3.52. The van der Waals surface area contributed by atoms with Crippen molar-refractivity contribution in [1.29, 1.82) is 0 Å². The van der Waals surface area contributed by atoms with Gasteiger partial charge in [-0.25, -0.2) is 14.4 Å². The number of esters is 2. The second kappa shape index (κ2) is 39.9. The fourth-order valence-corrected chi connectivity index (χ4v) is 3.45. The molecule has 0 aromatic rings. The Bertz CT molecular complexity index is 1130. The highest BCUT2D eigenvalue weighted by Gasteiger charge is 2.21. The third-order valence-corrected chi connectivity index (χ3v) is 6.21.